The fraction of sp³-hybridized carbons (Fsp3) is 0.263. The summed E-state index contributed by atoms with van der Waals surface area (Å²) < 4.78 is 0. The zero-order valence-electron chi connectivity index (χ0n) is 25.8. The molecule has 232 valence electrons. The Morgan fingerprint density at radius 2 is 1.24 bits per heavy atom. The van der Waals surface area contributed by atoms with Crippen molar-refractivity contribution in [3.63, 3.8) is 0 Å². The first-order valence-electron chi connectivity index (χ1n) is 16.2. The predicted octanol–water partition coefficient (Wildman–Crippen LogP) is 5.69. The van der Waals surface area contributed by atoms with Crippen LogP contribution < -0.4 is 16.0 Å². The van der Waals surface area contributed by atoms with Gasteiger partial charge in [-0.1, -0.05) is 60.7 Å². The minimum atomic E-state index is -0.0874. The number of benzene rings is 4. The topological polar surface area (TPSA) is 99.2 Å². The Hall–Kier alpha value is -4.92. The van der Waals surface area contributed by atoms with Crippen molar-refractivity contribution in [1.82, 2.24) is 30.8 Å². The van der Waals surface area contributed by atoms with Gasteiger partial charge in [0.2, 0.25) is 0 Å². The third kappa shape index (κ3) is 6.40. The molecule has 46 heavy (non-hydrogen) atoms. The van der Waals surface area contributed by atoms with E-state index in [1.807, 2.05) is 84.9 Å². The lowest BCUT2D eigenvalue weighted by atomic mass is 10.1. The van der Waals surface area contributed by atoms with Crippen molar-refractivity contribution in [2.24, 2.45) is 0 Å². The van der Waals surface area contributed by atoms with E-state index < -0.39 is 0 Å². The average molecular weight is 611 g/mol. The standard InChI is InChI=1S/C38H38N6O2/c45-37(31-14-5-11-28-23-26-9-1-3-16-33(26)42-35(28)31)40-18-7-13-30-25-39-20-22-44(30)21-8-19-41-38(46)32-15-6-12-29-24-27-10-2-4-17-34(27)43-36(29)32/h1-6,9-12,14-17,23-24,30,39H,7-8,13,18-22,25H2,(H,40,45)(H,41,46). The summed E-state index contributed by atoms with van der Waals surface area (Å²) in [4.78, 5) is 38.4. The largest absolute Gasteiger partial charge is 0.352 e. The Kier molecular flexibility index (Phi) is 8.80. The Morgan fingerprint density at radius 3 is 1.85 bits per heavy atom. The molecule has 0 radical (unpaired) electrons. The molecule has 2 amide bonds. The zero-order valence-corrected chi connectivity index (χ0v) is 25.8. The second kappa shape index (κ2) is 13.6. The molecular weight excluding hydrogens is 572 g/mol. The molecule has 1 aliphatic rings. The molecule has 1 unspecified atom stereocenters. The number of amides is 2. The van der Waals surface area contributed by atoms with Crippen molar-refractivity contribution in [2.75, 3.05) is 39.3 Å². The van der Waals surface area contributed by atoms with E-state index in [4.69, 9.17) is 9.97 Å². The molecule has 1 saturated heterocycles. The van der Waals surface area contributed by atoms with Crippen LogP contribution in [0.4, 0.5) is 0 Å². The molecule has 2 aromatic heterocycles. The SMILES string of the molecule is O=C(NCCCC1CNCCN1CCCNC(=O)c1cccc2cc3ccccc3nc12)c1cccc2cc3ccccc3nc12. The molecule has 7 rings (SSSR count). The first-order valence-corrected chi connectivity index (χ1v) is 16.2. The molecule has 0 bridgehead atoms. The van der Waals surface area contributed by atoms with Gasteiger partial charge in [0.25, 0.3) is 11.8 Å². The van der Waals surface area contributed by atoms with Crippen LogP contribution in [0.2, 0.25) is 0 Å². The molecule has 3 heterocycles. The molecule has 1 atom stereocenters. The van der Waals surface area contributed by atoms with Gasteiger partial charge in [-0.05, 0) is 55.7 Å². The van der Waals surface area contributed by atoms with Gasteiger partial charge in [-0.15, -0.1) is 0 Å². The number of hydrogen-bond acceptors (Lipinski definition) is 6. The Labute approximate surface area is 268 Å². The number of fused-ring (bicyclic) bond motifs is 4. The minimum Gasteiger partial charge on any atom is -0.352 e. The van der Waals surface area contributed by atoms with E-state index in [1.54, 1.807) is 0 Å². The normalized spacial score (nSPS) is 15.4. The van der Waals surface area contributed by atoms with Gasteiger partial charge in [-0.25, -0.2) is 9.97 Å². The maximum atomic E-state index is 13.2. The van der Waals surface area contributed by atoms with Crippen LogP contribution in [0.15, 0.2) is 97.1 Å². The minimum absolute atomic E-state index is 0.0858. The lowest BCUT2D eigenvalue weighted by Gasteiger charge is -2.36. The number of aromatic nitrogens is 2. The van der Waals surface area contributed by atoms with Crippen LogP contribution in [0, 0.1) is 0 Å². The fourth-order valence-electron chi connectivity index (χ4n) is 6.57. The van der Waals surface area contributed by atoms with Crippen LogP contribution in [-0.4, -0.2) is 72.0 Å². The third-order valence-corrected chi connectivity index (χ3v) is 8.96. The number of carbonyl (C=O) groups excluding carboxylic acids is 2. The van der Waals surface area contributed by atoms with Crippen LogP contribution in [0.1, 0.15) is 40.0 Å². The number of para-hydroxylation sites is 4. The number of nitrogens with one attached hydrogen (secondary N) is 3. The quantitative estimate of drug-likeness (QED) is 0.136. The van der Waals surface area contributed by atoms with Crippen LogP contribution in [0.25, 0.3) is 43.6 Å². The van der Waals surface area contributed by atoms with Crippen LogP contribution in [-0.2, 0) is 0 Å². The molecule has 3 N–H and O–H groups in total. The molecule has 0 aliphatic carbocycles. The summed E-state index contributed by atoms with van der Waals surface area (Å²) >= 11 is 0. The summed E-state index contributed by atoms with van der Waals surface area (Å²) in [6, 6.07) is 32.1. The van der Waals surface area contributed by atoms with Gasteiger partial charge in [-0.3, -0.25) is 14.5 Å². The number of carbonyl (C=O) groups is 2. The maximum absolute atomic E-state index is 13.2. The number of rotatable bonds is 10. The highest BCUT2D eigenvalue weighted by molar-refractivity contribution is 6.08. The van der Waals surface area contributed by atoms with Crippen LogP contribution in [0.3, 0.4) is 0 Å². The molecule has 8 heteroatoms. The third-order valence-electron chi connectivity index (χ3n) is 8.96. The lowest BCUT2D eigenvalue weighted by molar-refractivity contribution is 0.0938. The van der Waals surface area contributed by atoms with Crippen molar-refractivity contribution in [3.8, 4) is 0 Å². The van der Waals surface area contributed by atoms with E-state index in [1.165, 1.54) is 0 Å². The van der Waals surface area contributed by atoms with Crippen molar-refractivity contribution in [3.05, 3.63) is 108 Å². The molecule has 1 aliphatic heterocycles. The Morgan fingerprint density at radius 1 is 0.696 bits per heavy atom. The van der Waals surface area contributed by atoms with Gasteiger partial charge in [-0.2, -0.15) is 0 Å². The summed E-state index contributed by atoms with van der Waals surface area (Å²) in [5.41, 5.74) is 4.46. The van der Waals surface area contributed by atoms with Gasteiger partial charge < -0.3 is 16.0 Å². The zero-order chi connectivity index (χ0) is 31.3. The highest BCUT2D eigenvalue weighted by Crippen LogP contribution is 2.24. The lowest BCUT2D eigenvalue weighted by Crippen LogP contribution is -2.51. The van der Waals surface area contributed by atoms with Crippen LogP contribution >= 0.6 is 0 Å². The predicted molar refractivity (Wildman–Crippen MR) is 185 cm³/mol. The van der Waals surface area contributed by atoms with E-state index in [-0.39, 0.29) is 11.8 Å². The van der Waals surface area contributed by atoms with E-state index in [2.05, 4.69) is 33.0 Å². The summed E-state index contributed by atoms with van der Waals surface area (Å²) in [5, 5.41) is 13.8. The maximum Gasteiger partial charge on any atom is 0.253 e. The monoisotopic (exact) mass is 610 g/mol. The molecule has 1 fully saturated rings. The summed E-state index contributed by atoms with van der Waals surface area (Å²) in [6.07, 6.45) is 2.73. The van der Waals surface area contributed by atoms with Crippen molar-refractivity contribution in [2.45, 2.75) is 25.3 Å². The van der Waals surface area contributed by atoms with Crippen molar-refractivity contribution in [1.29, 1.82) is 0 Å². The highest BCUT2D eigenvalue weighted by atomic mass is 16.2. The molecular formula is C38H38N6O2. The van der Waals surface area contributed by atoms with Gasteiger partial charge in [0, 0.05) is 66.9 Å². The second-order valence-corrected chi connectivity index (χ2v) is 12.0. The molecule has 4 aromatic carbocycles. The fourth-order valence-corrected chi connectivity index (χ4v) is 6.57. The summed E-state index contributed by atoms with van der Waals surface area (Å²) in [7, 11) is 0. The van der Waals surface area contributed by atoms with Gasteiger partial charge in [0.15, 0.2) is 0 Å². The van der Waals surface area contributed by atoms with E-state index in [0.29, 0.717) is 30.3 Å². The summed E-state index contributed by atoms with van der Waals surface area (Å²) in [5.74, 6) is -0.173. The number of nitrogens with zero attached hydrogens (tertiary/aromatic N) is 3. The number of piperazine rings is 1. The van der Waals surface area contributed by atoms with Crippen molar-refractivity contribution >= 4 is 55.4 Å². The van der Waals surface area contributed by atoms with E-state index >= 15 is 0 Å². The summed E-state index contributed by atoms with van der Waals surface area (Å²) in [6.45, 7) is 4.98. The number of pyridine rings is 2. The van der Waals surface area contributed by atoms with Crippen LogP contribution in [0.5, 0.6) is 0 Å². The van der Waals surface area contributed by atoms with E-state index in [9.17, 15) is 9.59 Å². The average Bonchev–Trinajstić information content (AvgIpc) is 3.09. The van der Waals surface area contributed by atoms with Crippen molar-refractivity contribution < 1.29 is 9.59 Å². The van der Waals surface area contributed by atoms with Gasteiger partial charge in [0.05, 0.1) is 33.2 Å². The second-order valence-electron chi connectivity index (χ2n) is 12.0. The Bertz CT molecular complexity index is 1900. The molecule has 0 spiro atoms. The number of hydrogen-bond donors (Lipinski definition) is 3. The Balaban J connectivity index is 0.897. The first kappa shape index (κ1) is 29.8. The molecule has 8 nitrogen and oxygen atoms in total. The highest BCUT2D eigenvalue weighted by Gasteiger charge is 2.22. The molecule has 6 aromatic rings. The molecule has 0 saturated carbocycles. The first-order chi connectivity index (χ1) is 22.6. The van der Waals surface area contributed by atoms with Gasteiger partial charge in [0.1, 0.15) is 0 Å². The van der Waals surface area contributed by atoms with E-state index in [0.717, 1.165) is 89.1 Å². The smallest absolute Gasteiger partial charge is 0.253 e. The van der Waals surface area contributed by atoms with Gasteiger partial charge >= 0.3 is 0 Å².